The van der Waals surface area contributed by atoms with Gasteiger partial charge in [-0.1, -0.05) is 60.7 Å². The second-order valence-corrected chi connectivity index (χ2v) is 11.6. The number of amides is 1. The highest BCUT2D eigenvalue weighted by molar-refractivity contribution is 5.89. The first-order valence-electron chi connectivity index (χ1n) is 14.4. The zero-order valence-electron chi connectivity index (χ0n) is 24.5. The summed E-state index contributed by atoms with van der Waals surface area (Å²) in [7, 11) is 0. The first kappa shape index (κ1) is 28.0. The average Bonchev–Trinajstić information content (AvgIpc) is 3.41. The van der Waals surface area contributed by atoms with Crippen molar-refractivity contribution in [1.82, 2.24) is 20.3 Å². The molecule has 0 bridgehead atoms. The van der Waals surface area contributed by atoms with Crippen LogP contribution >= 0.6 is 0 Å². The molecule has 0 aliphatic carbocycles. The third kappa shape index (κ3) is 6.84. The molecule has 0 spiro atoms. The first-order valence-corrected chi connectivity index (χ1v) is 14.4. The van der Waals surface area contributed by atoms with Gasteiger partial charge in [0.25, 0.3) is 0 Å². The first-order chi connectivity index (χ1) is 20.8. The number of aromatic nitrogens is 3. The Hall–Kier alpha value is -5.17. The highest BCUT2D eigenvalue weighted by atomic mass is 16.6. The van der Waals surface area contributed by atoms with Crippen molar-refractivity contribution in [2.24, 2.45) is 0 Å². The number of aromatic amines is 1. The molecule has 0 saturated heterocycles. The van der Waals surface area contributed by atoms with Gasteiger partial charge in [-0.05, 0) is 68.0 Å². The minimum Gasteiger partial charge on any atom is -0.490 e. The van der Waals surface area contributed by atoms with E-state index >= 15 is 0 Å². The smallest absolute Gasteiger partial charge is 0.408 e. The maximum atomic E-state index is 12.7. The molecule has 0 aliphatic rings. The molecule has 0 radical (unpaired) electrons. The van der Waals surface area contributed by atoms with Gasteiger partial charge >= 0.3 is 6.09 Å². The number of H-pyrrole nitrogens is 1. The van der Waals surface area contributed by atoms with Gasteiger partial charge in [0.05, 0.1) is 17.9 Å². The Kier molecular flexibility index (Phi) is 7.79. The molecule has 6 rings (SSSR count). The summed E-state index contributed by atoms with van der Waals surface area (Å²) in [6, 6.07) is 28.3. The van der Waals surface area contributed by atoms with E-state index in [-0.39, 0.29) is 12.6 Å². The lowest BCUT2D eigenvalue weighted by molar-refractivity contribution is 0.0488. The van der Waals surface area contributed by atoms with Crippen LogP contribution in [-0.4, -0.2) is 39.3 Å². The minimum absolute atomic E-state index is 0.244. The lowest BCUT2D eigenvalue weighted by Crippen LogP contribution is -2.43. The highest BCUT2D eigenvalue weighted by Crippen LogP contribution is 2.29. The quantitative estimate of drug-likeness (QED) is 0.194. The van der Waals surface area contributed by atoms with Crippen LogP contribution in [0.3, 0.4) is 0 Å². The van der Waals surface area contributed by atoms with Crippen LogP contribution in [-0.2, 0) is 11.2 Å². The number of para-hydroxylation sites is 1. The number of ether oxygens (including phenoxy) is 2. The van der Waals surface area contributed by atoms with Gasteiger partial charge in [0.1, 0.15) is 18.0 Å². The van der Waals surface area contributed by atoms with Crippen molar-refractivity contribution in [3.05, 3.63) is 115 Å². The fourth-order valence-corrected chi connectivity index (χ4v) is 5.13. The Morgan fingerprint density at radius 3 is 2.51 bits per heavy atom. The van der Waals surface area contributed by atoms with Crippen LogP contribution in [0.15, 0.2) is 110 Å². The van der Waals surface area contributed by atoms with E-state index in [1.165, 1.54) is 0 Å². The second kappa shape index (κ2) is 12.0. The molecule has 1 atom stereocenters. The number of benzene rings is 3. The largest absolute Gasteiger partial charge is 0.490 e. The molecule has 216 valence electrons. The molecule has 3 aromatic carbocycles. The molecule has 0 fully saturated rings. The summed E-state index contributed by atoms with van der Waals surface area (Å²) >= 11 is 0. The Balaban J connectivity index is 1.21. The molecule has 2 N–H and O–H groups in total. The molecule has 0 unspecified atom stereocenters. The van der Waals surface area contributed by atoms with Gasteiger partial charge in [-0.25, -0.2) is 4.79 Å². The highest BCUT2D eigenvalue weighted by Gasteiger charge is 2.21. The summed E-state index contributed by atoms with van der Waals surface area (Å²) in [6.07, 6.45) is 7.50. The molecule has 0 saturated carbocycles. The van der Waals surface area contributed by atoms with Crippen LogP contribution in [0.25, 0.3) is 44.1 Å². The van der Waals surface area contributed by atoms with E-state index in [0.29, 0.717) is 12.2 Å². The second-order valence-electron chi connectivity index (χ2n) is 11.6. The molecule has 43 heavy (non-hydrogen) atoms. The van der Waals surface area contributed by atoms with E-state index in [9.17, 15) is 4.79 Å². The number of carbonyl (C=O) groups excluding carboxylic acids is 1. The number of carbonyl (C=O) groups is 1. The van der Waals surface area contributed by atoms with Crippen LogP contribution in [0.5, 0.6) is 5.75 Å². The van der Waals surface area contributed by atoms with E-state index < -0.39 is 11.7 Å². The van der Waals surface area contributed by atoms with Gasteiger partial charge in [-0.2, -0.15) is 0 Å². The third-order valence-corrected chi connectivity index (χ3v) is 7.15. The minimum atomic E-state index is -0.605. The van der Waals surface area contributed by atoms with E-state index in [1.807, 2.05) is 81.8 Å². The summed E-state index contributed by atoms with van der Waals surface area (Å²) in [5, 5.41) is 6.28. The van der Waals surface area contributed by atoms with E-state index in [4.69, 9.17) is 9.47 Å². The number of fused-ring (bicyclic) bond motifs is 2. The summed E-state index contributed by atoms with van der Waals surface area (Å²) in [6.45, 7) is 5.79. The monoisotopic (exact) mass is 570 g/mol. The Morgan fingerprint density at radius 2 is 1.67 bits per heavy atom. The van der Waals surface area contributed by atoms with Gasteiger partial charge < -0.3 is 19.8 Å². The maximum Gasteiger partial charge on any atom is 0.408 e. The van der Waals surface area contributed by atoms with Crippen molar-refractivity contribution >= 4 is 27.8 Å². The molecule has 3 heterocycles. The number of alkyl carbamates (subject to hydrolysis) is 1. The lowest BCUT2D eigenvalue weighted by atomic mass is 10.0. The van der Waals surface area contributed by atoms with E-state index in [0.717, 1.165) is 49.6 Å². The lowest BCUT2D eigenvalue weighted by Gasteiger charge is -2.24. The van der Waals surface area contributed by atoms with Gasteiger partial charge in [0, 0.05) is 46.0 Å². The standard InChI is InChI=1S/C36H34N4O3/c1-36(2,3)43-35(41)40-30(16-29-21-38-33-12-8-7-11-32(29)33)23-42-31-17-28(19-37-22-31)25-13-14-26-20-39-34(18-27(26)15-25)24-9-5-4-6-10-24/h4-15,17-22,30,38H,16,23H2,1-3H3,(H,40,41)/t30-/m0/s1. The topological polar surface area (TPSA) is 89.1 Å². The number of hydrogen-bond acceptors (Lipinski definition) is 5. The zero-order chi connectivity index (χ0) is 29.8. The molecule has 6 aromatic rings. The molecule has 3 aromatic heterocycles. The van der Waals surface area contributed by atoms with Crippen molar-refractivity contribution in [3.63, 3.8) is 0 Å². The van der Waals surface area contributed by atoms with Crippen molar-refractivity contribution in [2.45, 2.75) is 38.8 Å². The van der Waals surface area contributed by atoms with Gasteiger partial charge in [-0.3, -0.25) is 9.97 Å². The summed E-state index contributed by atoms with van der Waals surface area (Å²) < 4.78 is 11.8. The van der Waals surface area contributed by atoms with Gasteiger partial charge in [0.15, 0.2) is 0 Å². The average molecular weight is 571 g/mol. The normalized spacial score (nSPS) is 12.3. The summed E-state index contributed by atoms with van der Waals surface area (Å²) in [4.78, 5) is 25.1. The summed E-state index contributed by atoms with van der Waals surface area (Å²) in [5.74, 6) is 0.618. The van der Waals surface area contributed by atoms with Crippen LogP contribution in [0.4, 0.5) is 4.79 Å². The predicted molar refractivity (Wildman–Crippen MR) is 171 cm³/mol. The molecular weight excluding hydrogens is 536 g/mol. The van der Waals surface area contributed by atoms with E-state index in [1.54, 1.807) is 6.20 Å². The number of pyridine rings is 2. The number of nitrogens with one attached hydrogen (secondary N) is 2. The Bertz CT molecular complexity index is 1880. The van der Waals surface area contributed by atoms with E-state index in [2.05, 4.69) is 62.7 Å². The van der Waals surface area contributed by atoms with Gasteiger partial charge in [0.2, 0.25) is 0 Å². The van der Waals surface area contributed by atoms with Crippen molar-refractivity contribution in [2.75, 3.05) is 6.61 Å². The molecule has 7 heteroatoms. The fourth-order valence-electron chi connectivity index (χ4n) is 5.13. The third-order valence-electron chi connectivity index (χ3n) is 7.15. The number of nitrogens with zero attached hydrogens (tertiary/aromatic N) is 2. The Labute approximate surface area is 250 Å². The molecule has 7 nitrogen and oxygen atoms in total. The van der Waals surface area contributed by atoms with Crippen molar-refractivity contribution in [1.29, 1.82) is 0 Å². The number of rotatable bonds is 8. The molecule has 1 amide bonds. The van der Waals surface area contributed by atoms with Crippen LogP contribution < -0.4 is 10.1 Å². The predicted octanol–water partition coefficient (Wildman–Crippen LogP) is 7.96. The fraction of sp³-hybridized carbons (Fsp3) is 0.194. The van der Waals surface area contributed by atoms with Crippen molar-refractivity contribution in [3.8, 4) is 28.1 Å². The molecular formula is C36H34N4O3. The van der Waals surface area contributed by atoms with Gasteiger partial charge in [-0.15, -0.1) is 0 Å². The van der Waals surface area contributed by atoms with Crippen LogP contribution in [0, 0.1) is 0 Å². The maximum absolute atomic E-state index is 12.7. The SMILES string of the molecule is CC(C)(C)OC(=O)N[C@H](COc1cncc(-c2ccc3cnc(-c4ccccc4)cc3c2)c1)Cc1c[nH]c2ccccc12. The van der Waals surface area contributed by atoms with Crippen LogP contribution in [0.1, 0.15) is 26.3 Å². The van der Waals surface area contributed by atoms with Crippen molar-refractivity contribution < 1.29 is 14.3 Å². The summed E-state index contributed by atoms with van der Waals surface area (Å²) in [5.41, 5.74) is 5.50. The number of hydrogen-bond donors (Lipinski definition) is 2. The molecule has 0 aliphatic heterocycles. The van der Waals surface area contributed by atoms with Crippen LogP contribution in [0.2, 0.25) is 0 Å². The zero-order valence-corrected chi connectivity index (χ0v) is 24.5. The Morgan fingerprint density at radius 1 is 0.860 bits per heavy atom.